The van der Waals surface area contributed by atoms with Crippen LogP contribution < -0.4 is 10.3 Å². The van der Waals surface area contributed by atoms with Crippen LogP contribution >= 0.6 is 0 Å². The summed E-state index contributed by atoms with van der Waals surface area (Å²) in [6.45, 7) is 15.7. The van der Waals surface area contributed by atoms with Gasteiger partial charge in [-0.3, -0.25) is 9.36 Å². The van der Waals surface area contributed by atoms with Gasteiger partial charge in [-0.2, -0.15) is 5.11 Å². The second-order valence-corrected chi connectivity index (χ2v) is 10.3. The highest BCUT2D eigenvalue weighted by Crippen LogP contribution is 2.34. The van der Waals surface area contributed by atoms with Crippen molar-refractivity contribution in [1.82, 2.24) is 9.29 Å². The molecular formula is C25H35N5O4S. The highest BCUT2D eigenvalue weighted by molar-refractivity contribution is 7.89. The molecule has 0 saturated carbocycles. The molecule has 2 rings (SSSR count). The van der Waals surface area contributed by atoms with Gasteiger partial charge in [-0.05, 0) is 55.5 Å². The van der Waals surface area contributed by atoms with Crippen molar-refractivity contribution in [1.29, 1.82) is 0 Å². The number of aromatic nitrogens is 1. The largest absolute Gasteiger partial charge is 0.503 e. The Labute approximate surface area is 207 Å². The second kappa shape index (κ2) is 13.2. The van der Waals surface area contributed by atoms with Gasteiger partial charge in [-0.1, -0.05) is 46.5 Å². The third kappa shape index (κ3) is 7.23. The fraction of sp³-hybridized carbons (Fsp3) is 0.520. The molecule has 9 nitrogen and oxygen atoms in total. The molecule has 1 unspecified atom stereocenters. The molecule has 2 N–H and O–H groups in total. The van der Waals surface area contributed by atoms with E-state index >= 15 is 0 Å². The van der Waals surface area contributed by atoms with E-state index in [9.17, 15) is 18.3 Å². The summed E-state index contributed by atoms with van der Waals surface area (Å²) in [5.41, 5.74) is 0.0135. The van der Waals surface area contributed by atoms with E-state index in [1.54, 1.807) is 6.92 Å². The summed E-state index contributed by atoms with van der Waals surface area (Å²) in [6.07, 6.45) is 5.52. The Hall–Kier alpha value is -3.03. The molecule has 0 bridgehead atoms. The zero-order chi connectivity index (χ0) is 26.0. The summed E-state index contributed by atoms with van der Waals surface area (Å²) in [7, 11) is -3.65. The Morgan fingerprint density at radius 3 is 2.34 bits per heavy atom. The van der Waals surface area contributed by atoms with Crippen molar-refractivity contribution in [2.45, 2.75) is 77.7 Å². The maximum atomic E-state index is 12.9. The first-order chi connectivity index (χ1) is 16.7. The highest BCUT2D eigenvalue weighted by Gasteiger charge is 2.19. The van der Waals surface area contributed by atoms with Gasteiger partial charge in [0.1, 0.15) is 5.69 Å². The molecule has 0 aliphatic heterocycles. The van der Waals surface area contributed by atoms with Crippen molar-refractivity contribution in [2.75, 3.05) is 6.54 Å². The topological polar surface area (TPSA) is 117 Å². The molecule has 10 heteroatoms. The van der Waals surface area contributed by atoms with Crippen LogP contribution in [0.15, 0.2) is 44.2 Å². The van der Waals surface area contributed by atoms with E-state index in [4.69, 9.17) is 6.57 Å². The van der Waals surface area contributed by atoms with E-state index in [2.05, 4.69) is 33.6 Å². The Kier molecular flexibility index (Phi) is 10.6. The smallest absolute Gasteiger partial charge is 0.279 e. The predicted octanol–water partition coefficient (Wildman–Crippen LogP) is 6.12. The number of azo groups is 1. The Morgan fingerprint density at radius 1 is 1.11 bits per heavy atom. The van der Waals surface area contributed by atoms with Gasteiger partial charge in [0.05, 0.1) is 17.2 Å². The lowest BCUT2D eigenvalue weighted by Gasteiger charge is -2.15. The molecule has 0 saturated heterocycles. The maximum absolute atomic E-state index is 12.9. The normalized spacial score (nSPS) is 12.7. The summed E-state index contributed by atoms with van der Waals surface area (Å²) >= 11 is 0. The quantitative estimate of drug-likeness (QED) is 0.254. The number of nitrogens with one attached hydrogen (secondary N) is 1. The third-order valence-electron chi connectivity index (χ3n) is 5.99. The number of pyridine rings is 1. The summed E-state index contributed by atoms with van der Waals surface area (Å²) in [5.74, 6) is -0.0648. The minimum absolute atomic E-state index is 0.0269. The molecule has 190 valence electrons. The van der Waals surface area contributed by atoms with Crippen LogP contribution in [0.4, 0.5) is 17.1 Å². The van der Waals surface area contributed by atoms with Crippen molar-refractivity contribution in [2.24, 2.45) is 16.1 Å². The SMILES string of the molecule is [C-]#[N+]c1c(C)c(N=Nc2ccc(S(=O)(=O)NCC(CC)CCCC)cc2)c(=O)n(CCCC)c1O. The number of nitrogens with zero attached hydrogens (tertiary/aromatic N) is 4. The number of benzene rings is 1. The Morgan fingerprint density at radius 2 is 1.77 bits per heavy atom. The van der Waals surface area contributed by atoms with Crippen LogP contribution in [-0.2, 0) is 16.6 Å². The average molecular weight is 502 g/mol. The lowest BCUT2D eigenvalue weighted by atomic mass is 10.00. The number of hydrogen-bond acceptors (Lipinski definition) is 6. The highest BCUT2D eigenvalue weighted by atomic mass is 32.2. The number of sulfonamides is 1. The van der Waals surface area contributed by atoms with E-state index in [1.807, 2.05) is 6.92 Å². The van der Waals surface area contributed by atoms with Crippen LogP contribution in [-0.4, -0.2) is 24.6 Å². The first-order valence-electron chi connectivity index (χ1n) is 12.0. The molecule has 0 amide bonds. The lowest BCUT2D eigenvalue weighted by Crippen LogP contribution is -2.29. The molecule has 1 aromatic heterocycles. The molecule has 1 heterocycles. The maximum Gasteiger partial charge on any atom is 0.279 e. The van der Waals surface area contributed by atoms with Gasteiger partial charge in [-0.15, -0.1) is 5.11 Å². The van der Waals surface area contributed by atoms with Crippen LogP contribution in [0.2, 0.25) is 0 Å². The van der Waals surface area contributed by atoms with Crippen molar-refractivity contribution < 1.29 is 13.5 Å². The fourth-order valence-corrected chi connectivity index (χ4v) is 4.74. The van der Waals surface area contributed by atoms with Crippen molar-refractivity contribution in [3.05, 3.63) is 51.6 Å². The van der Waals surface area contributed by atoms with Gasteiger partial charge in [-0.25, -0.2) is 18.0 Å². The standard InChI is InChI=1S/C25H35N5O4S/c1-6-9-11-19(8-3)17-27-35(33,34)21-14-12-20(13-15-21)28-29-23-18(4)22(26-5)24(31)30(25(23)32)16-10-7-2/h12-15,19,27,31H,6-11,16-17H2,1-4H3. The third-order valence-corrected chi connectivity index (χ3v) is 7.43. The molecule has 0 radical (unpaired) electrons. The molecule has 0 fully saturated rings. The van der Waals surface area contributed by atoms with Crippen LogP contribution in [0.3, 0.4) is 0 Å². The summed E-state index contributed by atoms with van der Waals surface area (Å²) < 4.78 is 29.2. The minimum Gasteiger partial charge on any atom is -0.503 e. The average Bonchev–Trinajstić information content (AvgIpc) is 2.84. The van der Waals surface area contributed by atoms with E-state index < -0.39 is 15.6 Å². The fourth-order valence-electron chi connectivity index (χ4n) is 3.62. The van der Waals surface area contributed by atoms with Crippen molar-refractivity contribution in [3.8, 4) is 5.88 Å². The number of aromatic hydroxyl groups is 1. The van der Waals surface area contributed by atoms with Gasteiger partial charge >= 0.3 is 0 Å². The molecular weight excluding hydrogens is 466 g/mol. The van der Waals surface area contributed by atoms with Crippen LogP contribution in [0.5, 0.6) is 5.88 Å². The van der Waals surface area contributed by atoms with Crippen LogP contribution in [0, 0.1) is 19.4 Å². The first-order valence-corrected chi connectivity index (χ1v) is 13.5. The molecule has 2 aromatic rings. The van der Waals surface area contributed by atoms with Crippen LogP contribution in [0.25, 0.3) is 4.85 Å². The molecule has 35 heavy (non-hydrogen) atoms. The monoisotopic (exact) mass is 501 g/mol. The van der Waals surface area contributed by atoms with E-state index in [0.29, 0.717) is 24.6 Å². The van der Waals surface area contributed by atoms with Crippen molar-refractivity contribution >= 4 is 27.1 Å². The van der Waals surface area contributed by atoms with E-state index in [-0.39, 0.29) is 34.3 Å². The minimum atomic E-state index is -3.65. The van der Waals surface area contributed by atoms with Gasteiger partial charge < -0.3 is 5.11 Å². The molecule has 1 aromatic carbocycles. The molecule has 0 aliphatic rings. The van der Waals surface area contributed by atoms with Crippen molar-refractivity contribution in [3.63, 3.8) is 0 Å². The zero-order valence-corrected chi connectivity index (χ0v) is 21.7. The number of unbranched alkanes of at least 4 members (excludes halogenated alkanes) is 2. The van der Waals surface area contributed by atoms with Gasteiger partial charge in [0.15, 0.2) is 5.88 Å². The predicted molar refractivity (Wildman–Crippen MR) is 137 cm³/mol. The van der Waals surface area contributed by atoms with E-state index in [1.165, 1.54) is 24.3 Å². The molecule has 0 spiro atoms. The van der Waals surface area contributed by atoms with Gasteiger partial charge in [0.25, 0.3) is 5.56 Å². The van der Waals surface area contributed by atoms with Gasteiger partial charge in [0, 0.05) is 13.1 Å². The zero-order valence-electron chi connectivity index (χ0n) is 20.9. The van der Waals surface area contributed by atoms with Gasteiger partial charge in [0.2, 0.25) is 15.7 Å². The summed E-state index contributed by atoms with van der Waals surface area (Å²) in [4.78, 5) is 16.3. The first kappa shape index (κ1) is 28.2. The van der Waals surface area contributed by atoms with E-state index in [0.717, 1.165) is 36.7 Å². The Bertz CT molecular complexity index is 1230. The molecule has 0 aliphatic carbocycles. The molecule has 1 atom stereocenters. The van der Waals surface area contributed by atoms with Crippen LogP contribution in [0.1, 0.15) is 64.9 Å². The number of rotatable bonds is 13. The number of hydrogen-bond donors (Lipinski definition) is 2. The summed E-state index contributed by atoms with van der Waals surface area (Å²) in [6, 6.07) is 5.90. The summed E-state index contributed by atoms with van der Waals surface area (Å²) in [5, 5.41) is 18.5. The Balaban J connectivity index is 2.25. The second-order valence-electron chi connectivity index (χ2n) is 8.53. The lowest BCUT2D eigenvalue weighted by molar-refractivity contribution is 0.405.